The molecule has 0 aliphatic carbocycles. The molecule has 4 nitrogen and oxygen atoms in total. The summed E-state index contributed by atoms with van der Waals surface area (Å²) in [6.45, 7) is 8.17. The maximum atomic E-state index is 11.4. The average molecular weight is 241 g/mol. The van der Waals surface area contributed by atoms with Gasteiger partial charge in [-0.1, -0.05) is 26.7 Å². The summed E-state index contributed by atoms with van der Waals surface area (Å²) in [5, 5.41) is 3.25. The van der Waals surface area contributed by atoms with Crippen LogP contribution in [0.4, 0.5) is 0 Å². The number of hydrogen-bond acceptors (Lipinski definition) is 3. The van der Waals surface area contributed by atoms with Gasteiger partial charge in [-0.2, -0.15) is 0 Å². The van der Waals surface area contributed by atoms with E-state index in [9.17, 15) is 4.79 Å². The Balaban J connectivity index is 2.54. The van der Waals surface area contributed by atoms with Crippen LogP contribution in [0, 0.1) is 0 Å². The van der Waals surface area contributed by atoms with Crippen LogP contribution in [0.5, 0.6) is 0 Å². The molecular weight excluding hydrogens is 214 g/mol. The van der Waals surface area contributed by atoms with Crippen LogP contribution in [-0.4, -0.2) is 42.0 Å². The summed E-state index contributed by atoms with van der Waals surface area (Å²) >= 11 is 0. The maximum Gasteiger partial charge on any atom is 0.235 e. The molecule has 1 aliphatic rings. The Morgan fingerprint density at radius 2 is 2.12 bits per heavy atom. The summed E-state index contributed by atoms with van der Waals surface area (Å²) < 4.78 is 0. The van der Waals surface area contributed by atoms with Crippen LogP contribution in [-0.2, 0) is 4.79 Å². The van der Waals surface area contributed by atoms with Crippen LogP contribution in [0.15, 0.2) is 0 Å². The van der Waals surface area contributed by atoms with E-state index in [2.05, 4.69) is 17.1 Å². The van der Waals surface area contributed by atoms with Gasteiger partial charge in [0.25, 0.3) is 0 Å². The topological polar surface area (TPSA) is 58.4 Å². The van der Waals surface area contributed by atoms with E-state index in [4.69, 9.17) is 5.73 Å². The maximum absolute atomic E-state index is 11.4. The van der Waals surface area contributed by atoms with Gasteiger partial charge in [0, 0.05) is 18.6 Å². The quantitative estimate of drug-likeness (QED) is 0.758. The molecule has 1 rings (SSSR count). The largest absolute Gasteiger partial charge is 0.368 e. The number of hydrogen-bond donors (Lipinski definition) is 2. The molecule has 0 aromatic rings. The average Bonchev–Trinajstić information content (AvgIpc) is 2.42. The Kier molecular flexibility index (Phi) is 5.92. The molecule has 1 amide bonds. The monoisotopic (exact) mass is 241 g/mol. The number of carbonyl (C=O) groups is 1. The lowest BCUT2D eigenvalue weighted by molar-refractivity contribution is -0.120. The first-order valence-electron chi connectivity index (χ1n) is 6.80. The minimum absolute atomic E-state index is 0.226. The summed E-state index contributed by atoms with van der Waals surface area (Å²) in [6, 6.07) is 0.624. The second kappa shape index (κ2) is 6.97. The zero-order chi connectivity index (χ0) is 12.8. The smallest absolute Gasteiger partial charge is 0.235 e. The van der Waals surface area contributed by atoms with E-state index >= 15 is 0 Å². The van der Waals surface area contributed by atoms with Crippen molar-refractivity contribution in [2.75, 3.05) is 13.1 Å². The number of nitrogens with one attached hydrogen (secondary N) is 1. The first kappa shape index (κ1) is 14.5. The first-order chi connectivity index (χ1) is 8.00. The number of nitrogens with two attached hydrogens (primary N) is 1. The predicted molar refractivity (Wildman–Crippen MR) is 70.8 cm³/mol. The van der Waals surface area contributed by atoms with Crippen molar-refractivity contribution in [1.29, 1.82) is 0 Å². The Labute approximate surface area is 105 Å². The fraction of sp³-hybridized carbons (Fsp3) is 0.923. The van der Waals surface area contributed by atoms with E-state index < -0.39 is 0 Å². The van der Waals surface area contributed by atoms with E-state index in [1.807, 2.05) is 13.8 Å². The molecule has 2 atom stereocenters. The number of likely N-dealkylation sites (tertiary alicyclic amines) is 1. The van der Waals surface area contributed by atoms with Crippen LogP contribution in [0.1, 0.15) is 46.5 Å². The van der Waals surface area contributed by atoms with Gasteiger partial charge in [0.1, 0.15) is 0 Å². The van der Waals surface area contributed by atoms with Crippen molar-refractivity contribution in [3.63, 3.8) is 0 Å². The van der Waals surface area contributed by atoms with Crippen molar-refractivity contribution in [3.8, 4) is 0 Å². The molecule has 0 spiro atoms. The second-order valence-electron chi connectivity index (χ2n) is 5.47. The van der Waals surface area contributed by atoms with Gasteiger partial charge in [-0.25, -0.2) is 0 Å². The van der Waals surface area contributed by atoms with E-state index in [-0.39, 0.29) is 18.0 Å². The van der Waals surface area contributed by atoms with Gasteiger partial charge in [0.05, 0.1) is 6.04 Å². The highest BCUT2D eigenvalue weighted by Gasteiger charge is 2.23. The van der Waals surface area contributed by atoms with Gasteiger partial charge in [-0.3, -0.25) is 9.69 Å². The van der Waals surface area contributed by atoms with E-state index in [1.54, 1.807) is 0 Å². The summed E-state index contributed by atoms with van der Waals surface area (Å²) in [6.07, 6.45) is 5.07. The van der Waals surface area contributed by atoms with Crippen molar-refractivity contribution < 1.29 is 4.79 Å². The minimum atomic E-state index is -0.241. The van der Waals surface area contributed by atoms with Gasteiger partial charge in [-0.05, 0) is 26.3 Å². The number of rotatable bonds is 5. The third kappa shape index (κ3) is 5.04. The van der Waals surface area contributed by atoms with Crippen LogP contribution in [0.2, 0.25) is 0 Å². The molecule has 3 N–H and O–H groups in total. The number of primary amides is 1. The fourth-order valence-electron chi connectivity index (χ4n) is 2.47. The Bertz CT molecular complexity index is 243. The molecule has 1 heterocycles. The van der Waals surface area contributed by atoms with E-state index in [0.717, 1.165) is 13.1 Å². The zero-order valence-electron chi connectivity index (χ0n) is 11.4. The fourth-order valence-corrected chi connectivity index (χ4v) is 2.47. The summed E-state index contributed by atoms with van der Waals surface area (Å²) in [5.74, 6) is -0.241. The highest BCUT2D eigenvalue weighted by Crippen LogP contribution is 2.16. The summed E-state index contributed by atoms with van der Waals surface area (Å²) in [5.41, 5.74) is 5.46. The van der Waals surface area contributed by atoms with Crippen molar-refractivity contribution in [3.05, 3.63) is 0 Å². The second-order valence-corrected chi connectivity index (χ2v) is 5.47. The molecule has 0 bridgehead atoms. The molecule has 1 saturated heterocycles. The normalized spacial score (nSPS) is 24.6. The zero-order valence-corrected chi connectivity index (χ0v) is 11.4. The SMILES string of the molecule is CC(C)NC(CN1CCCCCC1C)C(N)=O. The van der Waals surface area contributed by atoms with Crippen molar-refractivity contribution >= 4 is 5.91 Å². The highest BCUT2D eigenvalue weighted by molar-refractivity contribution is 5.80. The summed E-state index contributed by atoms with van der Waals surface area (Å²) in [4.78, 5) is 13.8. The molecular formula is C13H27N3O. The Morgan fingerprint density at radius 1 is 1.41 bits per heavy atom. The molecule has 0 aromatic heterocycles. The van der Waals surface area contributed by atoms with E-state index in [0.29, 0.717) is 6.04 Å². The molecule has 1 aliphatic heterocycles. The first-order valence-corrected chi connectivity index (χ1v) is 6.80. The minimum Gasteiger partial charge on any atom is -0.368 e. The molecule has 0 radical (unpaired) electrons. The van der Waals surface area contributed by atoms with Gasteiger partial charge in [0.15, 0.2) is 0 Å². The third-order valence-corrected chi connectivity index (χ3v) is 3.49. The number of carbonyl (C=O) groups excluding carboxylic acids is 1. The highest BCUT2D eigenvalue weighted by atomic mass is 16.1. The lowest BCUT2D eigenvalue weighted by Crippen LogP contribution is -2.52. The molecule has 100 valence electrons. The van der Waals surface area contributed by atoms with Crippen LogP contribution in [0.3, 0.4) is 0 Å². The third-order valence-electron chi connectivity index (χ3n) is 3.49. The Morgan fingerprint density at radius 3 is 2.71 bits per heavy atom. The number of nitrogens with zero attached hydrogens (tertiary/aromatic N) is 1. The van der Waals surface area contributed by atoms with Crippen molar-refractivity contribution in [1.82, 2.24) is 10.2 Å². The van der Waals surface area contributed by atoms with Crippen LogP contribution in [0.25, 0.3) is 0 Å². The summed E-state index contributed by atoms with van der Waals surface area (Å²) in [7, 11) is 0. The van der Waals surface area contributed by atoms with Crippen LogP contribution >= 0.6 is 0 Å². The van der Waals surface area contributed by atoms with Crippen molar-refractivity contribution in [2.24, 2.45) is 5.73 Å². The molecule has 4 heteroatoms. The van der Waals surface area contributed by atoms with Gasteiger partial charge in [0.2, 0.25) is 5.91 Å². The van der Waals surface area contributed by atoms with Gasteiger partial charge >= 0.3 is 0 Å². The van der Waals surface area contributed by atoms with Gasteiger partial charge in [-0.15, -0.1) is 0 Å². The molecule has 0 aromatic carbocycles. The van der Waals surface area contributed by atoms with Gasteiger partial charge < -0.3 is 11.1 Å². The lowest BCUT2D eigenvalue weighted by atomic mass is 10.1. The standard InChI is InChI=1S/C13H27N3O/c1-10(2)15-12(13(14)17)9-16-8-6-4-5-7-11(16)3/h10-12,15H,4-9H2,1-3H3,(H2,14,17). The number of amides is 1. The predicted octanol–water partition coefficient (Wildman–Crippen LogP) is 1.10. The molecule has 17 heavy (non-hydrogen) atoms. The van der Waals surface area contributed by atoms with Crippen molar-refractivity contribution in [2.45, 2.75) is 64.6 Å². The Hall–Kier alpha value is -0.610. The molecule has 2 unspecified atom stereocenters. The molecule has 0 saturated carbocycles. The van der Waals surface area contributed by atoms with Crippen LogP contribution < -0.4 is 11.1 Å². The molecule has 1 fully saturated rings. The van der Waals surface area contributed by atoms with E-state index in [1.165, 1.54) is 25.7 Å². The lowest BCUT2D eigenvalue weighted by Gasteiger charge is -2.31.